The third kappa shape index (κ3) is 12.2. The number of urea groups is 1. The van der Waals surface area contributed by atoms with E-state index in [-0.39, 0.29) is 30.9 Å². The van der Waals surface area contributed by atoms with Crippen LogP contribution in [0.2, 0.25) is 0 Å². The summed E-state index contributed by atoms with van der Waals surface area (Å²) in [7, 11) is 1.68. The Balaban J connectivity index is 1.46. The molecule has 4 aromatic rings. The van der Waals surface area contributed by atoms with Crippen molar-refractivity contribution in [3.8, 4) is 0 Å². The fraction of sp³-hybridized carbons (Fsp3) is 0.432. The number of rotatable bonds is 17. The summed E-state index contributed by atoms with van der Waals surface area (Å²) in [4.78, 5) is 51.0. The van der Waals surface area contributed by atoms with E-state index in [2.05, 4.69) is 39.8 Å². The van der Waals surface area contributed by atoms with Gasteiger partial charge in [0.2, 0.25) is 5.91 Å². The third-order valence-electron chi connectivity index (χ3n) is 8.13. The normalized spacial score (nSPS) is 13.7. The number of amides is 4. The average molecular weight is 721 g/mol. The van der Waals surface area contributed by atoms with Gasteiger partial charge in [0.25, 0.3) is 0 Å². The summed E-state index contributed by atoms with van der Waals surface area (Å²) < 4.78 is 5.42. The highest BCUT2D eigenvalue weighted by Crippen LogP contribution is 2.20. The zero-order valence-electron chi connectivity index (χ0n) is 29.2. The zero-order chi connectivity index (χ0) is 36.0. The Kier molecular flexibility index (Phi) is 14.7. The van der Waals surface area contributed by atoms with Gasteiger partial charge in [-0.3, -0.25) is 9.78 Å². The lowest BCUT2D eigenvalue weighted by molar-refractivity contribution is -0.124. The summed E-state index contributed by atoms with van der Waals surface area (Å²) in [5.74, 6) is -0.277. The first-order valence-corrected chi connectivity index (χ1v) is 18.6. The van der Waals surface area contributed by atoms with Gasteiger partial charge in [-0.1, -0.05) is 88.4 Å². The van der Waals surface area contributed by atoms with E-state index in [9.17, 15) is 19.5 Å². The Morgan fingerprint density at radius 1 is 0.900 bits per heavy atom. The lowest BCUT2D eigenvalue weighted by atomic mass is 9.93. The van der Waals surface area contributed by atoms with Crippen molar-refractivity contribution in [2.75, 3.05) is 7.05 Å². The van der Waals surface area contributed by atoms with E-state index in [4.69, 9.17) is 4.74 Å². The van der Waals surface area contributed by atoms with Crippen LogP contribution in [0.3, 0.4) is 0 Å². The van der Waals surface area contributed by atoms with Crippen LogP contribution in [-0.4, -0.2) is 69.3 Å². The van der Waals surface area contributed by atoms with Crippen molar-refractivity contribution in [3.05, 3.63) is 104 Å². The van der Waals surface area contributed by atoms with Crippen LogP contribution in [0.25, 0.3) is 0 Å². The molecule has 0 aliphatic carbocycles. The van der Waals surface area contributed by atoms with Crippen LogP contribution in [-0.2, 0) is 35.5 Å². The number of thiazole rings is 2. The number of benzene rings is 2. The molecule has 50 heavy (non-hydrogen) atoms. The summed E-state index contributed by atoms with van der Waals surface area (Å²) in [6, 6.07) is 16.8. The second-order valence-corrected chi connectivity index (χ2v) is 14.9. The highest BCUT2D eigenvalue weighted by atomic mass is 32.1. The molecule has 13 heteroatoms. The topological polar surface area (TPSA) is 146 Å². The Hall–Kier alpha value is -4.33. The standard InChI is InChI=1S/C37H48N6O5S2/c1-24(2)33(42-36(46)43(5)20-29-22-49-35(40-29)25(3)4)34(45)39-28(16-26-12-8-6-9-13-26)18-32(44)31(17-27-14-10-7-11-15-27)41-37(47)48-21-30-19-38-23-50-30/h6-15,19,22-25,28,31-33,44H,16-18,20-21H2,1-5H3,(H,39,45)(H,41,47)(H,42,46)/t28-,31+,32-,33-/m0/s1. The van der Waals surface area contributed by atoms with Gasteiger partial charge >= 0.3 is 12.1 Å². The second-order valence-electron chi connectivity index (χ2n) is 13.0. The van der Waals surface area contributed by atoms with Crippen LogP contribution in [0.1, 0.15) is 66.7 Å². The molecule has 0 saturated heterocycles. The van der Waals surface area contributed by atoms with E-state index in [1.54, 1.807) is 30.1 Å². The fourth-order valence-electron chi connectivity index (χ4n) is 5.39. The van der Waals surface area contributed by atoms with E-state index < -0.39 is 30.3 Å². The number of nitrogens with zero attached hydrogens (tertiary/aromatic N) is 3. The van der Waals surface area contributed by atoms with Crippen LogP contribution in [0, 0.1) is 5.92 Å². The van der Waals surface area contributed by atoms with Gasteiger partial charge in [-0.15, -0.1) is 22.7 Å². The molecular weight excluding hydrogens is 673 g/mol. The number of ether oxygens (including phenoxy) is 1. The smallest absolute Gasteiger partial charge is 0.407 e. The zero-order valence-corrected chi connectivity index (χ0v) is 30.9. The first kappa shape index (κ1) is 38.5. The molecular formula is C37H48N6O5S2. The number of aromatic nitrogens is 2. The minimum absolute atomic E-state index is 0.0671. The van der Waals surface area contributed by atoms with E-state index >= 15 is 0 Å². The van der Waals surface area contributed by atoms with Crippen molar-refractivity contribution >= 4 is 40.7 Å². The van der Waals surface area contributed by atoms with Gasteiger partial charge in [0.15, 0.2) is 0 Å². The summed E-state index contributed by atoms with van der Waals surface area (Å²) in [5.41, 5.74) is 4.35. The summed E-state index contributed by atoms with van der Waals surface area (Å²) in [6.07, 6.45) is 0.836. The third-order valence-corrected chi connectivity index (χ3v) is 10.1. The van der Waals surface area contributed by atoms with Gasteiger partial charge in [0.1, 0.15) is 12.6 Å². The Morgan fingerprint density at radius 3 is 2.14 bits per heavy atom. The van der Waals surface area contributed by atoms with Crippen molar-refractivity contribution in [2.24, 2.45) is 5.92 Å². The predicted octanol–water partition coefficient (Wildman–Crippen LogP) is 5.91. The maximum absolute atomic E-state index is 13.9. The number of carbonyl (C=O) groups is 3. The number of aliphatic hydroxyl groups excluding tert-OH is 1. The molecule has 0 aliphatic heterocycles. The monoisotopic (exact) mass is 720 g/mol. The van der Waals surface area contributed by atoms with Crippen molar-refractivity contribution in [3.63, 3.8) is 0 Å². The minimum atomic E-state index is -1.05. The van der Waals surface area contributed by atoms with Gasteiger partial charge in [0, 0.05) is 30.6 Å². The second kappa shape index (κ2) is 19.2. The first-order valence-electron chi connectivity index (χ1n) is 16.8. The fourth-order valence-corrected chi connectivity index (χ4v) is 6.72. The Bertz CT molecular complexity index is 1620. The molecule has 268 valence electrons. The Labute approximate surface area is 302 Å². The van der Waals surface area contributed by atoms with E-state index in [0.717, 1.165) is 26.7 Å². The number of hydrogen-bond acceptors (Lipinski definition) is 9. The molecule has 0 radical (unpaired) electrons. The molecule has 2 heterocycles. The van der Waals surface area contributed by atoms with Crippen molar-refractivity contribution in [2.45, 2.75) is 90.3 Å². The molecule has 2 aromatic carbocycles. The first-order chi connectivity index (χ1) is 24.0. The lowest BCUT2D eigenvalue weighted by Crippen LogP contribution is -2.55. The van der Waals surface area contributed by atoms with Gasteiger partial charge in [-0.2, -0.15) is 0 Å². The molecule has 0 saturated carbocycles. The van der Waals surface area contributed by atoms with Gasteiger partial charge < -0.3 is 30.7 Å². The van der Waals surface area contributed by atoms with Crippen molar-refractivity contribution in [1.29, 1.82) is 0 Å². The van der Waals surface area contributed by atoms with E-state index in [1.807, 2.05) is 79.9 Å². The summed E-state index contributed by atoms with van der Waals surface area (Å²) >= 11 is 2.95. The SMILES string of the molecule is CC(C)c1nc(CN(C)C(=O)N[C@H](C(=O)N[C@@H](Cc2ccccc2)C[C@H](O)[C@@H](Cc2ccccc2)NC(=O)OCc2cncs2)C(C)C)cs1. The maximum atomic E-state index is 13.9. The highest BCUT2D eigenvalue weighted by molar-refractivity contribution is 7.09. The number of carbonyl (C=O) groups excluding carboxylic acids is 3. The molecule has 4 rings (SSSR count). The quantitative estimate of drug-likeness (QED) is 0.106. The van der Waals surface area contributed by atoms with E-state index in [1.165, 1.54) is 16.2 Å². The van der Waals surface area contributed by atoms with Crippen molar-refractivity contribution in [1.82, 2.24) is 30.8 Å². The molecule has 0 unspecified atom stereocenters. The molecule has 11 nitrogen and oxygen atoms in total. The lowest BCUT2D eigenvalue weighted by Gasteiger charge is -2.30. The molecule has 4 amide bonds. The number of hydrogen-bond donors (Lipinski definition) is 4. The largest absolute Gasteiger partial charge is 0.444 e. The number of nitrogens with one attached hydrogen (secondary N) is 3. The number of alkyl carbamates (subject to hydrolysis) is 1. The van der Waals surface area contributed by atoms with Crippen LogP contribution in [0.4, 0.5) is 9.59 Å². The Morgan fingerprint density at radius 2 is 1.56 bits per heavy atom. The molecule has 0 fully saturated rings. The molecule has 0 aliphatic rings. The maximum Gasteiger partial charge on any atom is 0.407 e. The van der Waals surface area contributed by atoms with Crippen LogP contribution in [0.15, 0.2) is 77.8 Å². The van der Waals surface area contributed by atoms with E-state index in [0.29, 0.717) is 25.3 Å². The van der Waals surface area contributed by atoms with Crippen LogP contribution >= 0.6 is 22.7 Å². The molecule has 4 N–H and O–H groups in total. The molecule has 0 spiro atoms. The number of aliphatic hydroxyl groups is 1. The average Bonchev–Trinajstić information content (AvgIpc) is 3.79. The highest BCUT2D eigenvalue weighted by Gasteiger charge is 2.31. The minimum Gasteiger partial charge on any atom is -0.444 e. The van der Waals surface area contributed by atoms with Crippen LogP contribution in [0.5, 0.6) is 0 Å². The van der Waals surface area contributed by atoms with Gasteiger partial charge in [-0.05, 0) is 36.3 Å². The van der Waals surface area contributed by atoms with Crippen molar-refractivity contribution < 1.29 is 24.2 Å². The summed E-state index contributed by atoms with van der Waals surface area (Å²) in [6.45, 7) is 8.28. The molecule has 0 bridgehead atoms. The summed E-state index contributed by atoms with van der Waals surface area (Å²) in [5, 5.41) is 23.5. The van der Waals surface area contributed by atoms with Crippen LogP contribution < -0.4 is 16.0 Å². The molecule has 2 aromatic heterocycles. The molecule has 4 atom stereocenters. The van der Waals surface area contributed by atoms with Gasteiger partial charge in [-0.25, -0.2) is 14.6 Å². The van der Waals surface area contributed by atoms with Gasteiger partial charge in [0.05, 0.1) is 39.8 Å². The predicted molar refractivity (Wildman–Crippen MR) is 197 cm³/mol.